The number of fused-ring (bicyclic) bond motifs is 2. The van der Waals surface area contributed by atoms with Crippen LogP contribution in [-0.4, -0.2) is 37.6 Å². The molecule has 4 heterocycles. The SMILES string of the molecule is Cc1cc2cc(C(=O)N(Cc3ccc(C(F)(F)F)nn3)C3CCOc4ccc(F)nc43)ccc2nc1N. The lowest BCUT2D eigenvalue weighted by atomic mass is 10.0. The summed E-state index contributed by atoms with van der Waals surface area (Å²) in [7, 11) is 0. The summed E-state index contributed by atoms with van der Waals surface area (Å²) >= 11 is 0. The molecule has 5 rings (SSSR count). The largest absolute Gasteiger partial charge is 0.491 e. The summed E-state index contributed by atoms with van der Waals surface area (Å²) in [5.41, 5.74) is 6.71. The Kier molecular flexibility index (Phi) is 6.10. The lowest BCUT2D eigenvalue weighted by Gasteiger charge is -2.34. The van der Waals surface area contributed by atoms with E-state index in [2.05, 4.69) is 20.2 Å². The van der Waals surface area contributed by atoms with Crippen LogP contribution in [0, 0.1) is 12.9 Å². The topological polar surface area (TPSA) is 107 Å². The number of pyridine rings is 2. The first-order valence-corrected chi connectivity index (χ1v) is 11.3. The van der Waals surface area contributed by atoms with E-state index >= 15 is 0 Å². The molecule has 0 saturated carbocycles. The van der Waals surface area contributed by atoms with Crippen LogP contribution in [0.4, 0.5) is 23.4 Å². The molecule has 1 aromatic carbocycles. The number of anilines is 1. The summed E-state index contributed by atoms with van der Waals surface area (Å²) in [5, 5.41) is 7.63. The smallest absolute Gasteiger partial charge is 0.435 e. The van der Waals surface area contributed by atoms with E-state index in [9.17, 15) is 22.4 Å². The number of aryl methyl sites for hydroxylation is 1. The number of hydrogen-bond acceptors (Lipinski definition) is 7. The van der Waals surface area contributed by atoms with Gasteiger partial charge in [0.25, 0.3) is 5.91 Å². The molecule has 12 heteroatoms. The Balaban J connectivity index is 1.56. The third kappa shape index (κ3) is 4.86. The number of nitrogen functional groups attached to an aromatic ring is 1. The molecule has 1 aliphatic rings. The first kappa shape index (κ1) is 24.3. The summed E-state index contributed by atoms with van der Waals surface area (Å²) in [6.07, 6.45) is -4.36. The fourth-order valence-electron chi connectivity index (χ4n) is 4.21. The van der Waals surface area contributed by atoms with Gasteiger partial charge in [0.05, 0.1) is 30.4 Å². The fraction of sp³-hybridized carbons (Fsp3) is 0.240. The first-order chi connectivity index (χ1) is 17.6. The summed E-state index contributed by atoms with van der Waals surface area (Å²) < 4.78 is 58.6. The molecule has 0 radical (unpaired) electrons. The zero-order valence-corrected chi connectivity index (χ0v) is 19.5. The minimum atomic E-state index is -4.65. The van der Waals surface area contributed by atoms with E-state index < -0.39 is 29.8 Å². The molecule has 0 saturated heterocycles. The van der Waals surface area contributed by atoms with Gasteiger partial charge in [-0.25, -0.2) is 9.97 Å². The Morgan fingerprint density at radius 3 is 2.65 bits per heavy atom. The normalized spacial score (nSPS) is 15.2. The van der Waals surface area contributed by atoms with Crippen molar-refractivity contribution in [3.8, 4) is 5.75 Å². The molecule has 37 heavy (non-hydrogen) atoms. The van der Waals surface area contributed by atoms with E-state index in [1.807, 2.05) is 0 Å². The zero-order chi connectivity index (χ0) is 26.3. The predicted octanol–water partition coefficient (Wildman–Crippen LogP) is 4.63. The molecule has 4 aromatic rings. The van der Waals surface area contributed by atoms with Crippen LogP contribution in [0.25, 0.3) is 10.9 Å². The molecule has 1 aliphatic heterocycles. The summed E-state index contributed by atoms with van der Waals surface area (Å²) in [4.78, 5) is 23.5. The van der Waals surface area contributed by atoms with Crippen molar-refractivity contribution in [2.24, 2.45) is 0 Å². The Morgan fingerprint density at radius 1 is 1.11 bits per heavy atom. The van der Waals surface area contributed by atoms with E-state index in [4.69, 9.17) is 10.5 Å². The lowest BCUT2D eigenvalue weighted by Crippen LogP contribution is -2.38. The van der Waals surface area contributed by atoms with Crippen LogP contribution in [-0.2, 0) is 12.7 Å². The number of carbonyl (C=O) groups excluding carboxylic acids is 1. The molecule has 2 N–H and O–H groups in total. The second-order valence-corrected chi connectivity index (χ2v) is 8.61. The first-order valence-electron chi connectivity index (χ1n) is 11.3. The van der Waals surface area contributed by atoms with E-state index in [1.165, 1.54) is 11.0 Å². The van der Waals surface area contributed by atoms with Gasteiger partial charge in [-0.05, 0) is 61.0 Å². The maximum Gasteiger partial charge on any atom is 0.435 e. The Bertz CT molecular complexity index is 1490. The van der Waals surface area contributed by atoms with Gasteiger partial charge in [-0.2, -0.15) is 22.7 Å². The van der Waals surface area contributed by atoms with E-state index in [-0.39, 0.29) is 31.0 Å². The van der Waals surface area contributed by atoms with Crippen molar-refractivity contribution in [1.29, 1.82) is 0 Å². The van der Waals surface area contributed by atoms with Crippen molar-refractivity contribution in [2.75, 3.05) is 12.3 Å². The average molecular weight is 512 g/mol. The number of ether oxygens (including phenoxy) is 1. The molecule has 0 spiro atoms. The number of benzene rings is 1. The van der Waals surface area contributed by atoms with Crippen molar-refractivity contribution in [3.05, 3.63) is 82.7 Å². The second kappa shape index (κ2) is 9.26. The number of rotatable bonds is 4. The van der Waals surface area contributed by atoms with E-state index in [1.54, 1.807) is 31.2 Å². The molecule has 3 aromatic heterocycles. The van der Waals surface area contributed by atoms with Crippen LogP contribution in [0.5, 0.6) is 5.75 Å². The van der Waals surface area contributed by atoms with Crippen LogP contribution in [0.2, 0.25) is 0 Å². The molecule has 190 valence electrons. The highest BCUT2D eigenvalue weighted by Gasteiger charge is 2.35. The number of nitrogens with two attached hydrogens (primary N) is 1. The van der Waals surface area contributed by atoms with Crippen molar-refractivity contribution >= 4 is 22.6 Å². The van der Waals surface area contributed by atoms with Crippen LogP contribution >= 0.6 is 0 Å². The molecule has 8 nitrogen and oxygen atoms in total. The standard InChI is InChI=1S/C25H20F4N6O2/c1-13-10-15-11-14(2-4-17(15)31-23(13)30)24(36)35(12-16-3-6-20(34-33-16)25(27,28)29)18-8-9-37-19-5-7-21(26)32-22(18)19/h2-7,10-11,18H,8-9,12H2,1H3,(H2,30,31). The van der Waals surface area contributed by atoms with Gasteiger partial charge >= 0.3 is 6.18 Å². The Hall–Kier alpha value is -4.35. The van der Waals surface area contributed by atoms with Gasteiger partial charge in [-0.3, -0.25) is 4.79 Å². The number of hydrogen-bond donors (Lipinski definition) is 1. The minimum absolute atomic E-state index is 0.122. The highest BCUT2D eigenvalue weighted by Crippen LogP contribution is 2.36. The molecule has 1 unspecified atom stereocenters. The quantitative estimate of drug-likeness (QED) is 0.314. The van der Waals surface area contributed by atoms with Crippen molar-refractivity contribution in [3.63, 3.8) is 0 Å². The molecular weight excluding hydrogens is 492 g/mol. The van der Waals surface area contributed by atoms with Gasteiger partial charge in [0.1, 0.15) is 17.3 Å². The van der Waals surface area contributed by atoms with Gasteiger partial charge in [-0.1, -0.05) is 0 Å². The molecule has 0 fully saturated rings. The van der Waals surface area contributed by atoms with E-state index in [0.29, 0.717) is 28.0 Å². The molecule has 0 bridgehead atoms. The van der Waals surface area contributed by atoms with Crippen LogP contribution in [0.3, 0.4) is 0 Å². The highest BCUT2D eigenvalue weighted by atomic mass is 19.4. The Labute approximate surface area is 208 Å². The number of alkyl halides is 3. The monoisotopic (exact) mass is 512 g/mol. The maximum absolute atomic E-state index is 14.1. The molecule has 0 aliphatic carbocycles. The van der Waals surface area contributed by atoms with Crippen LogP contribution in [0.1, 0.15) is 45.5 Å². The minimum Gasteiger partial charge on any atom is -0.491 e. The summed E-state index contributed by atoms with van der Waals surface area (Å²) in [6, 6.07) is 10.5. The number of amides is 1. The van der Waals surface area contributed by atoms with Gasteiger partial charge < -0.3 is 15.4 Å². The third-order valence-corrected chi connectivity index (χ3v) is 6.09. The summed E-state index contributed by atoms with van der Waals surface area (Å²) in [6.45, 7) is 1.84. The lowest BCUT2D eigenvalue weighted by molar-refractivity contribution is -0.141. The van der Waals surface area contributed by atoms with Gasteiger partial charge in [0, 0.05) is 17.4 Å². The zero-order valence-electron chi connectivity index (χ0n) is 19.5. The number of carbonyl (C=O) groups is 1. The van der Waals surface area contributed by atoms with Crippen molar-refractivity contribution in [2.45, 2.75) is 32.1 Å². The van der Waals surface area contributed by atoms with Gasteiger partial charge in [0.15, 0.2) is 5.69 Å². The van der Waals surface area contributed by atoms with Gasteiger partial charge in [0.2, 0.25) is 5.95 Å². The van der Waals surface area contributed by atoms with Gasteiger partial charge in [-0.15, -0.1) is 5.10 Å². The number of aromatic nitrogens is 4. The highest BCUT2D eigenvalue weighted by molar-refractivity contribution is 5.98. The number of nitrogens with zero attached hydrogens (tertiary/aromatic N) is 5. The molecule has 1 atom stereocenters. The van der Waals surface area contributed by atoms with Crippen molar-refractivity contribution in [1.82, 2.24) is 25.1 Å². The van der Waals surface area contributed by atoms with Crippen LogP contribution in [0.15, 0.2) is 48.5 Å². The average Bonchev–Trinajstić information content (AvgIpc) is 2.87. The Morgan fingerprint density at radius 2 is 1.92 bits per heavy atom. The van der Waals surface area contributed by atoms with Crippen LogP contribution < -0.4 is 10.5 Å². The molecule has 1 amide bonds. The molecular formula is C25H20F4N6O2. The fourth-order valence-corrected chi connectivity index (χ4v) is 4.21. The summed E-state index contributed by atoms with van der Waals surface area (Å²) in [5.74, 6) is -0.508. The third-order valence-electron chi connectivity index (χ3n) is 6.09. The van der Waals surface area contributed by atoms with E-state index in [0.717, 1.165) is 23.8 Å². The van der Waals surface area contributed by atoms with Crippen molar-refractivity contribution < 1.29 is 27.1 Å². The second-order valence-electron chi connectivity index (χ2n) is 8.61. The number of halogens is 4. The predicted molar refractivity (Wildman–Crippen MR) is 125 cm³/mol. The maximum atomic E-state index is 14.1.